The third-order valence-electron chi connectivity index (χ3n) is 4.47. The molecule has 0 bridgehead atoms. The van der Waals surface area contributed by atoms with Crippen LogP contribution in [0.1, 0.15) is 22.3 Å². The van der Waals surface area contributed by atoms with Gasteiger partial charge in [0.25, 0.3) is 0 Å². The van der Waals surface area contributed by atoms with Crippen LogP contribution in [0.4, 0.5) is 0 Å². The van der Waals surface area contributed by atoms with Gasteiger partial charge < -0.3 is 0 Å². The molecule has 0 N–H and O–H groups in total. The minimum Gasteiger partial charge on any atom is -0.294 e. The molecule has 3 aromatic carbocycles. The molecule has 0 saturated carbocycles. The van der Waals surface area contributed by atoms with Crippen LogP contribution in [0.25, 0.3) is 12.2 Å². The van der Waals surface area contributed by atoms with Crippen molar-refractivity contribution in [3.8, 4) is 0 Å². The first kappa shape index (κ1) is 22.1. The summed E-state index contributed by atoms with van der Waals surface area (Å²) in [7, 11) is 0. The van der Waals surface area contributed by atoms with E-state index in [0.717, 1.165) is 31.2 Å². The lowest BCUT2D eigenvalue weighted by Gasteiger charge is -2.08. The van der Waals surface area contributed by atoms with Crippen LogP contribution in [0, 0.1) is 0 Å². The zero-order valence-corrected chi connectivity index (χ0v) is 19.4. The standard InChI is InChI=1S/C16H13BrO.C10H7BrO/c17-15-9-6-14(7-10-15)12-16(18)11-8-13-4-2-1-3-5-13;11-9-3-1-8-6-10(12)4-2-7(8)5-9/h1-11H,12H2;1-5H,6H2/b11-8+;. The topological polar surface area (TPSA) is 34.1 Å². The summed E-state index contributed by atoms with van der Waals surface area (Å²) >= 11 is 6.76. The number of fused-ring (bicyclic) bond motifs is 1. The quantitative estimate of drug-likeness (QED) is 0.350. The number of carbonyl (C=O) groups excluding carboxylic acids is 2. The molecule has 0 spiro atoms. The Hall–Kier alpha value is -2.56. The zero-order chi connectivity index (χ0) is 21.3. The van der Waals surface area contributed by atoms with Gasteiger partial charge in [0.2, 0.25) is 0 Å². The van der Waals surface area contributed by atoms with Crippen LogP contribution in [0.15, 0.2) is 93.9 Å². The smallest absolute Gasteiger partial charge is 0.160 e. The second-order valence-electron chi connectivity index (χ2n) is 6.83. The van der Waals surface area contributed by atoms with Gasteiger partial charge in [-0.2, -0.15) is 0 Å². The number of rotatable bonds is 4. The number of hydrogen-bond acceptors (Lipinski definition) is 2. The predicted octanol–water partition coefficient (Wildman–Crippen LogP) is 6.86. The van der Waals surface area contributed by atoms with Gasteiger partial charge in [-0.1, -0.05) is 92.5 Å². The Kier molecular flexibility index (Phi) is 8.12. The predicted molar refractivity (Wildman–Crippen MR) is 130 cm³/mol. The van der Waals surface area contributed by atoms with E-state index in [1.54, 1.807) is 12.2 Å². The summed E-state index contributed by atoms with van der Waals surface area (Å²) in [6.45, 7) is 0. The SMILES string of the molecule is O=C(/C=C/c1ccccc1)Cc1ccc(Br)cc1.O=C1C=Cc2cc(Br)ccc2C1. The van der Waals surface area contributed by atoms with E-state index in [2.05, 4.69) is 31.9 Å². The fourth-order valence-corrected chi connectivity index (χ4v) is 3.57. The van der Waals surface area contributed by atoms with Crippen LogP contribution >= 0.6 is 31.9 Å². The first-order valence-electron chi connectivity index (χ1n) is 9.49. The third kappa shape index (κ3) is 7.05. The van der Waals surface area contributed by atoms with Gasteiger partial charge in [0.1, 0.15) is 0 Å². The first-order chi connectivity index (χ1) is 14.5. The Morgan fingerprint density at radius 3 is 2.30 bits per heavy atom. The fraction of sp³-hybridized carbons (Fsp3) is 0.0769. The number of benzene rings is 3. The van der Waals surface area contributed by atoms with Crippen LogP contribution in [0.3, 0.4) is 0 Å². The van der Waals surface area contributed by atoms with Gasteiger partial charge in [-0.05, 0) is 58.7 Å². The number of carbonyl (C=O) groups is 2. The van der Waals surface area contributed by atoms with Gasteiger partial charge in [-0.25, -0.2) is 0 Å². The van der Waals surface area contributed by atoms with Crippen molar-refractivity contribution in [3.05, 3.63) is 116 Å². The molecular formula is C26H20Br2O2. The van der Waals surface area contributed by atoms with E-state index >= 15 is 0 Å². The lowest BCUT2D eigenvalue weighted by molar-refractivity contribution is -0.114. The van der Waals surface area contributed by atoms with E-state index in [0.29, 0.717) is 12.8 Å². The minimum absolute atomic E-state index is 0.112. The molecule has 150 valence electrons. The monoisotopic (exact) mass is 522 g/mol. The summed E-state index contributed by atoms with van der Waals surface area (Å²) in [6.07, 6.45) is 7.97. The van der Waals surface area contributed by atoms with Crippen molar-refractivity contribution in [2.24, 2.45) is 0 Å². The van der Waals surface area contributed by atoms with Gasteiger partial charge in [-0.15, -0.1) is 0 Å². The van der Waals surface area contributed by atoms with Gasteiger partial charge in [0.05, 0.1) is 0 Å². The molecule has 4 rings (SSSR count). The molecule has 30 heavy (non-hydrogen) atoms. The summed E-state index contributed by atoms with van der Waals surface area (Å²) in [4.78, 5) is 22.8. The van der Waals surface area contributed by atoms with Crippen molar-refractivity contribution in [2.45, 2.75) is 12.8 Å². The van der Waals surface area contributed by atoms with E-state index in [1.807, 2.05) is 84.9 Å². The lowest BCUT2D eigenvalue weighted by Crippen LogP contribution is -2.04. The van der Waals surface area contributed by atoms with Crippen molar-refractivity contribution in [3.63, 3.8) is 0 Å². The van der Waals surface area contributed by atoms with Gasteiger partial charge in [0, 0.05) is 21.8 Å². The average Bonchev–Trinajstić information content (AvgIpc) is 2.75. The molecule has 3 aromatic rings. The molecule has 0 saturated heterocycles. The maximum Gasteiger partial charge on any atom is 0.160 e. The molecular weight excluding hydrogens is 504 g/mol. The Labute approximate surface area is 193 Å². The molecule has 0 unspecified atom stereocenters. The third-order valence-corrected chi connectivity index (χ3v) is 5.50. The van der Waals surface area contributed by atoms with Crippen molar-refractivity contribution < 1.29 is 9.59 Å². The van der Waals surface area contributed by atoms with Gasteiger partial charge >= 0.3 is 0 Å². The van der Waals surface area contributed by atoms with Crippen LogP contribution in [0.2, 0.25) is 0 Å². The van der Waals surface area contributed by atoms with Crippen LogP contribution in [0.5, 0.6) is 0 Å². The molecule has 0 atom stereocenters. The summed E-state index contributed by atoms with van der Waals surface area (Å²) in [5, 5.41) is 0. The number of hydrogen-bond donors (Lipinski definition) is 0. The molecule has 0 fully saturated rings. The van der Waals surface area contributed by atoms with Gasteiger partial charge in [0.15, 0.2) is 11.6 Å². The van der Waals surface area contributed by atoms with E-state index in [-0.39, 0.29) is 11.6 Å². The van der Waals surface area contributed by atoms with Crippen molar-refractivity contribution in [2.75, 3.05) is 0 Å². The average molecular weight is 524 g/mol. The molecule has 0 aliphatic heterocycles. The molecule has 0 aromatic heterocycles. The Morgan fingerprint density at radius 1 is 0.867 bits per heavy atom. The van der Waals surface area contributed by atoms with E-state index in [1.165, 1.54) is 0 Å². The molecule has 4 heteroatoms. The largest absolute Gasteiger partial charge is 0.294 e. The van der Waals surface area contributed by atoms with Gasteiger partial charge in [-0.3, -0.25) is 9.59 Å². The zero-order valence-electron chi connectivity index (χ0n) is 16.2. The molecule has 0 radical (unpaired) electrons. The highest BCUT2D eigenvalue weighted by Gasteiger charge is 2.09. The van der Waals surface area contributed by atoms with E-state index < -0.39 is 0 Å². The highest BCUT2D eigenvalue weighted by molar-refractivity contribution is 9.10. The molecule has 1 aliphatic carbocycles. The van der Waals surface area contributed by atoms with Crippen molar-refractivity contribution >= 4 is 55.6 Å². The van der Waals surface area contributed by atoms with Crippen LogP contribution < -0.4 is 0 Å². The number of allylic oxidation sites excluding steroid dienone is 2. The maximum atomic E-state index is 11.8. The minimum atomic E-state index is 0.112. The summed E-state index contributed by atoms with van der Waals surface area (Å²) in [5.74, 6) is 0.297. The summed E-state index contributed by atoms with van der Waals surface area (Å²) < 4.78 is 2.08. The summed E-state index contributed by atoms with van der Waals surface area (Å²) in [6, 6.07) is 23.6. The fourth-order valence-electron chi connectivity index (χ4n) is 2.93. The number of ketones is 2. The van der Waals surface area contributed by atoms with Crippen LogP contribution in [-0.4, -0.2) is 11.6 Å². The normalized spacial score (nSPS) is 12.3. The molecule has 1 aliphatic rings. The number of halogens is 2. The first-order valence-corrected chi connectivity index (χ1v) is 11.1. The Balaban J connectivity index is 0.000000184. The second-order valence-corrected chi connectivity index (χ2v) is 8.66. The van der Waals surface area contributed by atoms with Crippen molar-refractivity contribution in [1.82, 2.24) is 0 Å². The van der Waals surface area contributed by atoms with E-state index in [4.69, 9.17) is 0 Å². The van der Waals surface area contributed by atoms with E-state index in [9.17, 15) is 9.59 Å². The van der Waals surface area contributed by atoms with Crippen molar-refractivity contribution in [1.29, 1.82) is 0 Å². The molecule has 0 amide bonds. The summed E-state index contributed by atoms with van der Waals surface area (Å²) in [5.41, 5.74) is 4.33. The Morgan fingerprint density at radius 2 is 1.57 bits per heavy atom. The molecule has 2 nitrogen and oxygen atoms in total. The highest BCUT2D eigenvalue weighted by Crippen LogP contribution is 2.21. The lowest BCUT2D eigenvalue weighted by atomic mass is 9.97. The second kappa shape index (κ2) is 11.0. The van der Waals surface area contributed by atoms with Crippen LogP contribution in [-0.2, 0) is 22.4 Å². The highest BCUT2D eigenvalue weighted by atomic mass is 79.9. The maximum absolute atomic E-state index is 11.8. The Bertz CT molecular complexity index is 1080. The molecule has 0 heterocycles.